The molecule has 0 aromatic heterocycles. The van der Waals surface area contributed by atoms with Crippen LogP contribution in [0.25, 0.3) is 0 Å². The third-order valence-electron chi connectivity index (χ3n) is 22.0. The van der Waals surface area contributed by atoms with Gasteiger partial charge in [-0.05, 0) is 364 Å². The summed E-state index contributed by atoms with van der Waals surface area (Å²) in [6, 6.07) is 0. The van der Waals surface area contributed by atoms with Crippen LogP contribution in [-0.4, -0.2) is 452 Å². The Hall–Kier alpha value is 1.14. The van der Waals surface area contributed by atoms with E-state index >= 15 is 0 Å². The van der Waals surface area contributed by atoms with Gasteiger partial charge in [0.15, 0.2) is 109 Å². The van der Waals surface area contributed by atoms with Crippen LogP contribution in [0.3, 0.4) is 0 Å². The topological polar surface area (TPSA) is 195 Å². The Morgan fingerprint density at radius 3 is 0.721 bits per heavy atom. The summed E-state index contributed by atoms with van der Waals surface area (Å²) >= 11 is 0. The van der Waals surface area contributed by atoms with Gasteiger partial charge in [-0.25, -0.2) is 0 Å². The molecule has 0 amide bonds. The maximum atomic E-state index is 5.66. The minimum atomic E-state index is -1.05. The van der Waals surface area contributed by atoms with Crippen LogP contribution in [0.15, 0.2) is 51.1 Å². The number of hydrogen-bond donors (Lipinski definition) is 9. The summed E-state index contributed by atoms with van der Waals surface area (Å²) in [5, 5.41) is 11.3. The molecule has 2 aliphatic rings. The van der Waals surface area contributed by atoms with Crippen LogP contribution in [0, 0.1) is 0 Å². The van der Waals surface area contributed by atoms with E-state index in [9.17, 15) is 0 Å². The molecule has 104 heavy (non-hydrogen) atoms. The first-order chi connectivity index (χ1) is 48.0. The molecule has 0 radical (unpaired) electrons. The standard InChI is InChI=1S/2C9H23N3Si2.C8H23N3Si2.C7H23N3Si2.2C6H21N3Si2.C6H19N3Si2.C5H19N3Si2.C3H15N3Si2/c1-10(13(2)11-6-4-7-11)14(3)12-8-5-9-12;1-8-10(3)13(6)12(5)14(7)11(4)9-2;1-8-11(12(6)9(2)3)13(7)10(4)5;1-8(2)11(6)10(5)12(7)9(3)4;1-7-10(5)9(4)11(6)8(2)3;2*1-6-9(10(4)7-2)11(5)8-3;1-6-9(4)8(3)10(5)7-2;1-6(7(2)4)8(3)5/h13-14H,4-9H2,1-3H3;8-9,13-14H,1-2H2,3-7H3;8,12-13H,1H2,2-7H3;11-12H,1-7H3;7,10-11H,1-6H3;7-8,10-11H,6H2,1-5H3;6-8,10-11H,1H2,2-5H3;6-7,9-10H,1-5H3;7-8H,4-5H2,1-3H3. The third-order valence-corrected chi connectivity index (χ3v) is 86.7. The Bertz CT molecular complexity index is 1900. The molecule has 27 nitrogen and oxygen atoms in total. The lowest BCUT2D eigenvalue weighted by Gasteiger charge is -2.46. The van der Waals surface area contributed by atoms with Crippen molar-refractivity contribution in [1.82, 2.24) is 114 Å². The van der Waals surface area contributed by atoms with Crippen LogP contribution in [0.4, 0.5) is 0 Å². The summed E-state index contributed by atoms with van der Waals surface area (Å²) in [5.41, 5.74) is 0. The van der Waals surface area contributed by atoms with Gasteiger partial charge in [-0.2, -0.15) is 0 Å². The summed E-state index contributed by atoms with van der Waals surface area (Å²) in [7, 11) is 38.1. The van der Waals surface area contributed by atoms with Crippen molar-refractivity contribution in [3.63, 3.8) is 0 Å². The molecule has 2 rings (SSSR count). The maximum absolute atomic E-state index is 5.66. The quantitative estimate of drug-likeness (QED) is 0.0280. The van der Waals surface area contributed by atoms with E-state index < -0.39 is 164 Å². The molecular weight excluding hydrogens is 1590 g/mol. The third kappa shape index (κ3) is 51.1. The van der Waals surface area contributed by atoms with Gasteiger partial charge in [0, 0.05) is 0 Å². The largest absolute Gasteiger partial charge is 0.412 e. The molecule has 630 valence electrons. The Morgan fingerprint density at radius 1 is 0.298 bits per heavy atom. The number of hydrogen-bond acceptors (Lipinski definition) is 27. The lowest BCUT2D eigenvalue weighted by atomic mass is 10.3. The molecule has 0 spiro atoms. The Balaban J connectivity index is -0.000000204. The van der Waals surface area contributed by atoms with Crippen molar-refractivity contribution in [2.24, 2.45) is 10.8 Å². The number of nitrogens with two attached hydrogens (primary N) is 2. The van der Waals surface area contributed by atoms with Crippen molar-refractivity contribution in [3.05, 3.63) is 51.1 Å². The molecule has 0 saturated carbocycles. The predicted molar refractivity (Wildman–Crippen MR) is 526 cm³/mol. The highest BCUT2D eigenvalue weighted by molar-refractivity contribution is 6.73. The molecule has 0 aromatic rings. The molecule has 2 fully saturated rings. The number of rotatable bonds is 39. The Labute approximate surface area is 681 Å². The Kier molecular flexibility index (Phi) is 78.0. The molecule has 18 unspecified atom stereocenters. The van der Waals surface area contributed by atoms with Crippen molar-refractivity contribution in [2.45, 2.75) is 138 Å². The van der Waals surface area contributed by atoms with Crippen LogP contribution >= 0.6 is 0 Å². The van der Waals surface area contributed by atoms with E-state index in [1.54, 1.807) is 0 Å². The van der Waals surface area contributed by atoms with E-state index in [4.69, 9.17) is 10.8 Å². The highest BCUT2D eigenvalue weighted by atomic mass is 28.4. The van der Waals surface area contributed by atoms with Crippen molar-refractivity contribution in [2.75, 3.05) is 209 Å². The van der Waals surface area contributed by atoms with Crippen molar-refractivity contribution in [1.29, 1.82) is 0 Å². The zero-order chi connectivity index (χ0) is 83.5. The zero-order valence-corrected chi connectivity index (χ0v) is 98.0. The second-order valence-corrected chi connectivity index (χ2v) is 84.2. The first-order valence-electron chi connectivity index (χ1n) is 38.6. The average Bonchev–Trinajstić information content (AvgIpc) is 0.834. The lowest BCUT2D eigenvalue weighted by Crippen LogP contribution is -2.64. The molecule has 0 bridgehead atoms. The summed E-state index contributed by atoms with van der Waals surface area (Å²) in [6.07, 6.45) is 10.7. The summed E-state index contributed by atoms with van der Waals surface area (Å²) < 4.78 is 44.4. The smallest absolute Gasteiger partial charge is 0.209 e. The van der Waals surface area contributed by atoms with E-state index in [0.717, 1.165) is 0 Å². The van der Waals surface area contributed by atoms with Gasteiger partial charge in [0.2, 0.25) is 54.7 Å². The zero-order valence-electron chi connectivity index (χ0n) is 77.2. The van der Waals surface area contributed by atoms with Crippen molar-refractivity contribution in [3.8, 4) is 0 Å². The predicted octanol–water partition coefficient (Wildman–Crippen LogP) is -3.19. The fourth-order valence-corrected chi connectivity index (χ4v) is 56.0. The molecule has 11 N–H and O–H groups in total. The van der Waals surface area contributed by atoms with Crippen molar-refractivity contribution >= 4 is 164 Å². The highest BCUT2D eigenvalue weighted by Crippen LogP contribution is 2.16. The molecule has 0 aliphatic carbocycles. The lowest BCUT2D eigenvalue weighted by molar-refractivity contribution is 0.276. The average molecular weight is 1780 g/mol. The first-order valence-corrected chi connectivity index (χ1v) is 78.7. The first kappa shape index (κ1) is 118. The summed E-state index contributed by atoms with van der Waals surface area (Å²) in [4.78, 5) is 23.5. The van der Waals surface area contributed by atoms with E-state index in [0.29, 0.717) is 0 Å². The van der Waals surface area contributed by atoms with E-state index in [-0.39, 0.29) is 0 Å². The molecule has 2 aliphatic heterocycles. The molecule has 45 heteroatoms. The number of nitrogens with zero attached hydrogens (tertiary/aromatic N) is 18. The van der Waals surface area contributed by atoms with Gasteiger partial charge < -0.3 is 125 Å². The van der Waals surface area contributed by atoms with Crippen LogP contribution in [0.2, 0.25) is 118 Å². The van der Waals surface area contributed by atoms with Gasteiger partial charge in [0.25, 0.3) is 0 Å². The van der Waals surface area contributed by atoms with Crippen LogP contribution < -0.4 is 45.7 Å². The van der Waals surface area contributed by atoms with Crippen molar-refractivity contribution < 1.29 is 0 Å². The van der Waals surface area contributed by atoms with Crippen LogP contribution in [-0.2, 0) is 0 Å². The van der Waals surface area contributed by atoms with E-state index in [2.05, 4.69) is 406 Å². The molecular formula is C59H187N27Si18. The Morgan fingerprint density at radius 2 is 0.538 bits per heavy atom. The van der Waals surface area contributed by atoms with Gasteiger partial charge in [-0.1, -0.05) is 33.2 Å². The normalized spacial score (nSPS) is 18.2. The molecule has 0 aromatic carbocycles. The second-order valence-electron chi connectivity index (χ2n) is 29.3. The monoisotopic (exact) mass is 1780 g/mol. The van der Waals surface area contributed by atoms with Crippen LogP contribution in [0.1, 0.15) is 19.8 Å². The van der Waals surface area contributed by atoms with Gasteiger partial charge >= 0.3 is 0 Å². The SMILES string of the molecule is C=CN(C)[SiH](C)N(C)[SiH](C)N(C)C=C.C=CN([SiH](C)N(C)C)[SiH](C)N(C)C.C=CN([SiH](C)NC)[SiH](C)NC.CCN([SiH](C)NC)[SiH](C)NC.CN(C)[SiH](C)N(C)[SiH](C)N(C)C.CN([SiH](C)N)[SiH](C)N.CN([SiH](C)N1CCC1)[SiH](C)N1CCC1.CN[SiH](C)N(C)[SiH](C)N(C)C.CN[SiH](C)N(C)[SiH](C)NC. The summed E-state index contributed by atoms with van der Waals surface area (Å²) in [6.45, 7) is 66.0. The fraction of sp³-hybridized carbons (Fsp3) is 0.864. The molecule has 18 atom stereocenters. The fourth-order valence-electron chi connectivity index (χ4n) is 9.81. The number of nitrogens with one attached hydrogen (secondary N) is 7. The molecule has 2 heterocycles. The van der Waals surface area contributed by atoms with Crippen LogP contribution in [0.5, 0.6) is 0 Å². The minimum Gasteiger partial charge on any atom is -0.412 e. The van der Waals surface area contributed by atoms with Gasteiger partial charge in [0.05, 0.1) is 0 Å². The highest BCUT2D eigenvalue weighted by Gasteiger charge is 2.33. The van der Waals surface area contributed by atoms with Gasteiger partial charge in [0.1, 0.15) is 0 Å². The van der Waals surface area contributed by atoms with E-state index in [1.165, 1.54) is 45.6 Å². The molecule has 2 saturated heterocycles. The maximum Gasteiger partial charge on any atom is 0.209 e. The van der Waals surface area contributed by atoms with Gasteiger partial charge in [-0.3, -0.25) is 0 Å². The minimum absolute atomic E-state index is 0.711. The summed E-state index contributed by atoms with van der Waals surface area (Å²) in [5.74, 6) is 0. The van der Waals surface area contributed by atoms with E-state index in [1.807, 2.05) is 60.0 Å². The van der Waals surface area contributed by atoms with Gasteiger partial charge in [-0.15, -0.1) is 0 Å². The second kappa shape index (κ2) is 68.5.